The van der Waals surface area contributed by atoms with Gasteiger partial charge in [-0.25, -0.2) is 4.98 Å². The first kappa shape index (κ1) is 14.0. The number of likely N-dealkylation sites (tertiary alicyclic amines) is 1. The lowest BCUT2D eigenvalue weighted by Gasteiger charge is -2.23. The SMILES string of the molecule is CCCNCC1CCCN1Cc1nc2ccccc2s1. The van der Waals surface area contributed by atoms with Crippen molar-refractivity contribution >= 4 is 21.6 Å². The summed E-state index contributed by atoms with van der Waals surface area (Å²) >= 11 is 1.84. The van der Waals surface area contributed by atoms with Gasteiger partial charge >= 0.3 is 0 Å². The Bertz CT molecular complexity index is 518. The first-order chi connectivity index (χ1) is 9.86. The quantitative estimate of drug-likeness (QED) is 0.827. The lowest BCUT2D eigenvalue weighted by molar-refractivity contribution is 0.239. The van der Waals surface area contributed by atoms with Gasteiger partial charge in [-0.2, -0.15) is 0 Å². The first-order valence-electron chi connectivity index (χ1n) is 7.66. The van der Waals surface area contributed by atoms with Crippen LogP contribution in [0.3, 0.4) is 0 Å². The van der Waals surface area contributed by atoms with Crippen molar-refractivity contribution in [3.8, 4) is 0 Å². The van der Waals surface area contributed by atoms with Crippen LogP contribution in [-0.2, 0) is 6.54 Å². The number of para-hydroxylation sites is 1. The fourth-order valence-electron chi connectivity index (χ4n) is 2.94. The van der Waals surface area contributed by atoms with Crippen LogP contribution in [-0.4, -0.2) is 35.6 Å². The van der Waals surface area contributed by atoms with E-state index in [1.165, 1.54) is 35.5 Å². The molecule has 0 bridgehead atoms. The summed E-state index contributed by atoms with van der Waals surface area (Å²) in [4.78, 5) is 7.36. The Balaban J connectivity index is 1.63. The molecular formula is C16H23N3S. The van der Waals surface area contributed by atoms with Gasteiger partial charge in [0, 0.05) is 12.6 Å². The van der Waals surface area contributed by atoms with E-state index >= 15 is 0 Å². The monoisotopic (exact) mass is 289 g/mol. The molecule has 0 amide bonds. The summed E-state index contributed by atoms with van der Waals surface area (Å²) in [7, 11) is 0. The standard InChI is InChI=1S/C16H23N3S/c1-2-9-17-11-13-6-5-10-19(13)12-16-18-14-7-3-4-8-15(14)20-16/h3-4,7-8,13,17H,2,5-6,9-12H2,1H3. The van der Waals surface area contributed by atoms with Gasteiger partial charge in [0.1, 0.15) is 5.01 Å². The fourth-order valence-corrected chi connectivity index (χ4v) is 3.93. The van der Waals surface area contributed by atoms with Gasteiger partial charge in [-0.1, -0.05) is 19.1 Å². The van der Waals surface area contributed by atoms with E-state index in [1.54, 1.807) is 0 Å². The molecule has 3 rings (SSSR count). The minimum atomic E-state index is 0.688. The smallest absolute Gasteiger partial charge is 0.108 e. The largest absolute Gasteiger partial charge is 0.315 e. The van der Waals surface area contributed by atoms with Gasteiger partial charge < -0.3 is 5.32 Å². The Hall–Kier alpha value is -0.970. The van der Waals surface area contributed by atoms with Crippen molar-refractivity contribution in [1.29, 1.82) is 0 Å². The summed E-state index contributed by atoms with van der Waals surface area (Å²) in [5.74, 6) is 0. The predicted molar refractivity (Wildman–Crippen MR) is 86.2 cm³/mol. The lowest BCUT2D eigenvalue weighted by atomic mass is 10.2. The molecule has 0 aliphatic carbocycles. The zero-order valence-corrected chi connectivity index (χ0v) is 13.0. The Morgan fingerprint density at radius 2 is 2.30 bits per heavy atom. The first-order valence-corrected chi connectivity index (χ1v) is 8.47. The van der Waals surface area contributed by atoms with Crippen molar-refractivity contribution in [2.24, 2.45) is 0 Å². The molecule has 108 valence electrons. The van der Waals surface area contributed by atoms with Crippen LogP contribution in [0.1, 0.15) is 31.2 Å². The Morgan fingerprint density at radius 3 is 3.15 bits per heavy atom. The molecule has 4 heteroatoms. The zero-order valence-electron chi connectivity index (χ0n) is 12.1. The van der Waals surface area contributed by atoms with Crippen molar-refractivity contribution in [2.45, 2.75) is 38.8 Å². The molecule has 1 saturated heterocycles. The maximum atomic E-state index is 4.76. The van der Waals surface area contributed by atoms with Gasteiger partial charge in [0.05, 0.1) is 16.8 Å². The summed E-state index contributed by atoms with van der Waals surface area (Å²) in [6.45, 7) is 6.71. The highest BCUT2D eigenvalue weighted by Gasteiger charge is 2.24. The predicted octanol–water partition coefficient (Wildman–Crippen LogP) is 3.26. The average Bonchev–Trinajstić information content (AvgIpc) is 3.06. The van der Waals surface area contributed by atoms with Crippen molar-refractivity contribution in [1.82, 2.24) is 15.2 Å². The van der Waals surface area contributed by atoms with Gasteiger partial charge in [0.25, 0.3) is 0 Å². The normalized spacial score (nSPS) is 19.9. The highest BCUT2D eigenvalue weighted by Crippen LogP contribution is 2.25. The summed E-state index contributed by atoms with van der Waals surface area (Å²) in [5, 5.41) is 4.82. The molecule has 2 aromatic rings. The molecule has 3 nitrogen and oxygen atoms in total. The highest BCUT2D eigenvalue weighted by molar-refractivity contribution is 7.18. The molecule has 1 aliphatic rings. The third-order valence-electron chi connectivity index (χ3n) is 3.98. The number of nitrogens with zero attached hydrogens (tertiary/aromatic N) is 2. The maximum absolute atomic E-state index is 4.76. The second-order valence-corrected chi connectivity index (χ2v) is 6.66. The van der Waals surface area contributed by atoms with Crippen molar-refractivity contribution in [2.75, 3.05) is 19.6 Å². The van der Waals surface area contributed by atoms with E-state index in [1.807, 2.05) is 11.3 Å². The number of aromatic nitrogens is 1. The Labute approximate surface area is 125 Å². The summed E-state index contributed by atoms with van der Waals surface area (Å²) in [6.07, 6.45) is 3.86. The Kier molecular flexibility index (Phi) is 4.65. The van der Waals surface area contributed by atoms with Crippen LogP contribution in [0.2, 0.25) is 0 Å². The minimum Gasteiger partial charge on any atom is -0.315 e. The maximum Gasteiger partial charge on any atom is 0.108 e. The molecule has 2 heterocycles. The van der Waals surface area contributed by atoms with Gasteiger partial charge in [-0.3, -0.25) is 4.90 Å². The van der Waals surface area contributed by atoms with Crippen LogP contribution in [0.4, 0.5) is 0 Å². The summed E-state index contributed by atoms with van der Waals surface area (Å²) in [6, 6.07) is 9.13. The number of rotatable bonds is 6. The van der Waals surface area contributed by atoms with E-state index in [-0.39, 0.29) is 0 Å². The van der Waals surface area contributed by atoms with E-state index in [0.717, 1.165) is 25.2 Å². The van der Waals surface area contributed by atoms with E-state index in [2.05, 4.69) is 41.4 Å². The molecule has 1 aromatic heterocycles. The van der Waals surface area contributed by atoms with Crippen molar-refractivity contribution < 1.29 is 0 Å². The molecule has 0 saturated carbocycles. The molecule has 1 fully saturated rings. The van der Waals surface area contributed by atoms with Crippen LogP contribution in [0.15, 0.2) is 24.3 Å². The van der Waals surface area contributed by atoms with Crippen LogP contribution >= 0.6 is 11.3 Å². The number of hydrogen-bond donors (Lipinski definition) is 1. The van der Waals surface area contributed by atoms with Crippen molar-refractivity contribution in [3.05, 3.63) is 29.3 Å². The van der Waals surface area contributed by atoms with Gasteiger partial charge in [-0.05, 0) is 44.5 Å². The number of fused-ring (bicyclic) bond motifs is 1. The Morgan fingerprint density at radius 1 is 1.40 bits per heavy atom. The van der Waals surface area contributed by atoms with E-state index in [0.29, 0.717) is 6.04 Å². The molecule has 1 unspecified atom stereocenters. The van der Waals surface area contributed by atoms with E-state index in [9.17, 15) is 0 Å². The lowest BCUT2D eigenvalue weighted by Crippen LogP contribution is -2.37. The zero-order chi connectivity index (χ0) is 13.8. The fraction of sp³-hybridized carbons (Fsp3) is 0.562. The summed E-state index contributed by atoms with van der Waals surface area (Å²) in [5.41, 5.74) is 1.15. The third kappa shape index (κ3) is 3.19. The molecule has 20 heavy (non-hydrogen) atoms. The minimum absolute atomic E-state index is 0.688. The molecule has 1 N–H and O–H groups in total. The number of thiazole rings is 1. The number of nitrogens with one attached hydrogen (secondary N) is 1. The second kappa shape index (κ2) is 6.66. The second-order valence-electron chi connectivity index (χ2n) is 5.55. The summed E-state index contributed by atoms with van der Waals surface area (Å²) < 4.78 is 1.31. The van der Waals surface area contributed by atoms with Gasteiger partial charge in [0.2, 0.25) is 0 Å². The molecule has 0 spiro atoms. The van der Waals surface area contributed by atoms with Crippen LogP contribution in [0, 0.1) is 0 Å². The van der Waals surface area contributed by atoms with E-state index < -0.39 is 0 Å². The molecular weight excluding hydrogens is 266 g/mol. The molecule has 1 atom stereocenters. The number of hydrogen-bond acceptors (Lipinski definition) is 4. The van der Waals surface area contributed by atoms with Gasteiger partial charge in [-0.15, -0.1) is 11.3 Å². The third-order valence-corrected chi connectivity index (χ3v) is 5.00. The van der Waals surface area contributed by atoms with Crippen LogP contribution < -0.4 is 5.32 Å². The van der Waals surface area contributed by atoms with E-state index in [4.69, 9.17) is 4.98 Å². The average molecular weight is 289 g/mol. The van der Waals surface area contributed by atoms with Crippen LogP contribution in [0.25, 0.3) is 10.2 Å². The molecule has 1 aliphatic heterocycles. The van der Waals surface area contributed by atoms with Gasteiger partial charge in [0.15, 0.2) is 0 Å². The molecule has 0 radical (unpaired) electrons. The van der Waals surface area contributed by atoms with Crippen molar-refractivity contribution in [3.63, 3.8) is 0 Å². The topological polar surface area (TPSA) is 28.2 Å². The molecule has 1 aromatic carbocycles. The highest BCUT2D eigenvalue weighted by atomic mass is 32.1. The van der Waals surface area contributed by atoms with Crippen LogP contribution in [0.5, 0.6) is 0 Å². The number of benzene rings is 1.